The first-order valence-corrected chi connectivity index (χ1v) is 5.37. The first-order chi connectivity index (χ1) is 8.41. The first kappa shape index (κ1) is 14.0. The van der Waals surface area contributed by atoms with Gasteiger partial charge in [0.15, 0.2) is 0 Å². The highest BCUT2D eigenvalue weighted by atomic mass is 16.4. The van der Waals surface area contributed by atoms with Crippen molar-refractivity contribution >= 4 is 11.9 Å². The smallest absolute Gasteiger partial charge is 0.317 e. The number of carboxylic acids is 2. The molecule has 1 heterocycles. The number of carbonyl (C=O) groups is 2. The summed E-state index contributed by atoms with van der Waals surface area (Å²) in [6, 6.07) is -0.425. The van der Waals surface area contributed by atoms with Gasteiger partial charge in [-0.2, -0.15) is 0 Å². The van der Waals surface area contributed by atoms with Crippen molar-refractivity contribution in [1.29, 1.82) is 0 Å². The predicted octanol–water partition coefficient (Wildman–Crippen LogP) is 0.317. The fourth-order valence-electron chi connectivity index (χ4n) is 1.68. The van der Waals surface area contributed by atoms with Gasteiger partial charge in [0.25, 0.3) is 0 Å². The molecule has 0 spiro atoms. The summed E-state index contributed by atoms with van der Waals surface area (Å²) < 4.78 is 0. The van der Waals surface area contributed by atoms with E-state index in [1.807, 2.05) is 0 Å². The molecule has 7 heteroatoms. The number of aryl methyl sites for hydroxylation is 1. The van der Waals surface area contributed by atoms with E-state index < -0.39 is 18.0 Å². The van der Waals surface area contributed by atoms with Crippen LogP contribution in [0.25, 0.3) is 0 Å². The third-order valence-corrected chi connectivity index (χ3v) is 2.54. The third-order valence-electron chi connectivity index (χ3n) is 2.54. The first-order valence-electron chi connectivity index (χ1n) is 5.37. The number of aliphatic carboxylic acids is 2. The van der Waals surface area contributed by atoms with Crippen LogP contribution in [-0.2, 0) is 9.59 Å². The van der Waals surface area contributed by atoms with E-state index in [2.05, 4.69) is 9.97 Å². The molecule has 7 nitrogen and oxygen atoms in total. The van der Waals surface area contributed by atoms with E-state index in [-0.39, 0.29) is 13.1 Å². The molecule has 1 atom stereocenters. The van der Waals surface area contributed by atoms with Crippen LogP contribution >= 0.6 is 0 Å². The molecule has 0 saturated carbocycles. The molecule has 0 bridgehead atoms. The average Bonchev–Trinajstić information content (AvgIpc) is 2.26. The minimum Gasteiger partial charge on any atom is -0.480 e. The molecule has 1 unspecified atom stereocenters. The number of hydrogen-bond acceptors (Lipinski definition) is 5. The van der Waals surface area contributed by atoms with Crippen LogP contribution in [0.5, 0.6) is 0 Å². The van der Waals surface area contributed by atoms with Crippen LogP contribution in [0.4, 0.5) is 0 Å². The highest BCUT2D eigenvalue weighted by molar-refractivity contribution is 5.72. The molecule has 0 aliphatic carbocycles. The molecule has 0 amide bonds. The fraction of sp³-hybridized carbons (Fsp3) is 0.455. The summed E-state index contributed by atoms with van der Waals surface area (Å²) in [6.45, 7) is 2.74. The highest BCUT2D eigenvalue weighted by Crippen LogP contribution is 2.19. The Labute approximate surface area is 104 Å². The summed E-state index contributed by atoms with van der Waals surface area (Å²) in [6.07, 6.45) is 3.03. The highest BCUT2D eigenvalue weighted by Gasteiger charge is 2.23. The normalized spacial score (nSPS) is 12.4. The molecule has 18 heavy (non-hydrogen) atoms. The Morgan fingerprint density at radius 1 is 1.22 bits per heavy atom. The molecule has 2 N–H and O–H groups in total. The van der Waals surface area contributed by atoms with Gasteiger partial charge in [0.05, 0.1) is 30.5 Å². The van der Waals surface area contributed by atoms with Crippen molar-refractivity contribution in [3.8, 4) is 0 Å². The van der Waals surface area contributed by atoms with Crippen molar-refractivity contribution in [1.82, 2.24) is 14.9 Å². The zero-order valence-electron chi connectivity index (χ0n) is 10.2. The largest absolute Gasteiger partial charge is 0.480 e. The second kappa shape index (κ2) is 6.06. The maximum Gasteiger partial charge on any atom is 0.317 e. The van der Waals surface area contributed by atoms with Crippen LogP contribution in [-0.4, -0.2) is 50.1 Å². The molecule has 1 aromatic heterocycles. The molecule has 0 radical (unpaired) electrons. The summed E-state index contributed by atoms with van der Waals surface area (Å²) in [7, 11) is 0. The molecule has 0 aromatic carbocycles. The summed E-state index contributed by atoms with van der Waals surface area (Å²) in [5, 5.41) is 17.6. The molecule has 1 rings (SSSR count). The van der Waals surface area contributed by atoms with E-state index in [1.54, 1.807) is 13.8 Å². The van der Waals surface area contributed by atoms with Crippen molar-refractivity contribution in [2.45, 2.75) is 19.9 Å². The van der Waals surface area contributed by atoms with Gasteiger partial charge >= 0.3 is 11.9 Å². The van der Waals surface area contributed by atoms with Crippen molar-refractivity contribution in [3.63, 3.8) is 0 Å². The molecule has 98 valence electrons. The molecule has 0 saturated heterocycles. The van der Waals surface area contributed by atoms with Crippen molar-refractivity contribution < 1.29 is 19.8 Å². The lowest BCUT2D eigenvalue weighted by Crippen LogP contribution is -2.37. The lowest BCUT2D eigenvalue weighted by atomic mass is 10.1. The van der Waals surface area contributed by atoms with Gasteiger partial charge in [-0.3, -0.25) is 24.5 Å². The second-order valence-corrected chi connectivity index (χ2v) is 3.90. The van der Waals surface area contributed by atoms with Crippen LogP contribution < -0.4 is 0 Å². The molecule has 0 aliphatic heterocycles. The van der Waals surface area contributed by atoms with Gasteiger partial charge in [0.1, 0.15) is 0 Å². The zero-order valence-corrected chi connectivity index (χ0v) is 10.2. The minimum atomic E-state index is -1.08. The summed E-state index contributed by atoms with van der Waals surface area (Å²) in [5.41, 5.74) is 1.24. The van der Waals surface area contributed by atoms with Crippen LogP contribution in [0.15, 0.2) is 12.4 Å². The van der Waals surface area contributed by atoms with E-state index in [1.165, 1.54) is 17.3 Å². The van der Waals surface area contributed by atoms with Crippen LogP contribution in [0.3, 0.4) is 0 Å². The molecule has 1 aromatic rings. The van der Waals surface area contributed by atoms with E-state index in [0.29, 0.717) is 11.4 Å². The van der Waals surface area contributed by atoms with Gasteiger partial charge in [-0.25, -0.2) is 0 Å². The maximum absolute atomic E-state index is 10.7. The Kier molecular flexibility index (Phi) is 4.73. The van der Waals surface area contributed by atoms with Gasteiger partial charge in [0, 0.05) is 12.4 Å². The number of aromatic nitrogens is 2. The van der Waals surface area contributed by atoms with Gasteiger partial charge in [-0.15, -0.1) is 0 Å². The average molecular weight is 253 g/mol. The lowest BCUT2D eigenvalue weighted by Gasteiger charge is -2.25. The number of carboxylic acid groups (broad SMARTS) is 2. The second-order valence-electron chi connectivity index (χ2n) is 3.90. The summed E-state index contributed by atoms with van der Waals surface area (Å²) >= 11 is 0. The summed E-state index contributed by atoms with van der Waals surface area (Å²) in [4.78, 5) is 31.0. The van der Waals surface area contributed by atoms with Gasteiger partial charge in [0.2, 0.25) is 0 Å². The van der Waals surface area contributed by atoms with Gasteiger partial charge < -0.3 is 10.2 Å². The van der Waals surface area contributed by atoms with Crippen LogP contribution in [0, 0.1) is 6.92 Å². The Hall–Kier alpha value is -2.02. The Morgan fingerprint density at radius 3 is 2.17 bits per heavy atom. The zero-order chi connectivity index (χ0) is 13.7. The van der Waals surface area contributed by atoms with Crippen molar-refractivity contribution in [2.24, 2.45) is 0 Å². The molecule has 0 fully saturated rings. The fourth-order valence-corrected chi connectivity index (χ4v) is 1.68. The quantitative estimate of drug-likeness (QED) is 0.752. The van der Waals surface area contributed by atoms with E-state index in [9.17, 15) is 9.59 Å². The van der Waals surface area contributed by atoms with Crippen LogP contribution in [0.2, 0.25) is 0 Å². The molecular formula is C11H15N3O4. The van der Waals surface area contributed by atoms with Crippen molar-refractivity contribution in [3.05, 3.63) is 23.8 Å². The molecular weight excluding hydrogens is 238 g/mol. The summed E-state index contributed by atoms with van der Waals surface area (Å²) in [5.74, 6) is -2.16. The van der Waals surface area contributed by atoms with Gasteiger partial charge in [-0.05, 0) is 13.8 Å². The SMILES string of the molecule is Cc1nccnc1C(C)N(CC(=O)O)CC(=O)O. The van der Waals surface area contributed by atoms with Gasteiger partial charge in [-0.1, -0.05) is 0 Å². The number of nitrogens with zero attached hydrogens (tertiary/aromatic N) is 3. The number of hydrogen-bond donors (Lipinski definition) is 2. The Balaban J connectivity index is 2.94. The molecule has 0 aliphatic rings. The third kappa shape index (κ3) is 3.77. The maximum atomic E-state index is 10.7. The van der Waals surface area contributed by atoms with E-state index >= 15 is 0 Å². The van der Waals surface area contributed by atoms with E-state index in [4.69, 9.17) is 10.2 Å². The van der Waals surface area contributed by atoms with E-state index in [0.717, 1.165) is 0 Å². The monoisotopic (exact) mass is 253 g/mol. The standard InChI is InChI=1S/C11H15N3O4/c1-7-11(13-4-3-12-7)8(2)14(5-9(15)16)6-10(17)18/h3-4,8H,5-6H2,1-2H3,(H,15,16)(H,17,18). The van der Waals surface area contributed by atoms with Crippen LogP contribution in [0.1, 0.15) is 24.4 Å². The minimum absolute atomic E-state index is 0.358. The number of rotatable bonds is 6. The lowest BCUT2D eigenvalue weighted by molar-refractivity contribution is -0.142. The van der Waals surface area contributed by atoms with Crippen molar-refractivity contribution in [2.75, 3.05) is 13.1 Å². The Morgan fingerprint density at radius 2 is 1.72 bits per heavy atom. The Bertz CT molecular complexity index is 434. The predicted molar refractivity (Wildman–Crippen MR) is 62.0 cm³/mol. The topological polar surface area (TPSA) is 104 Å².